The van der Waals surface area contributed by atoms with E-state index in [9.17, 15) is 4.79 Å². The van der Waals surface area contributed by atoms with Gasteiger partial charge in [0, 0.05) is 44.6 Å². The van der Waals surface area contributed by atoms with Gasteiger partial charge in [-0.25, -0.2) is 0 Å². The van der Waals surface area contributed by atoms with Gasteiger partial charge in [0.25, 0.3) is 0 Å². The molecule has 2 fully saturated rings. The van der Waals surface area contributed by atoms with E-state index in [1.807, 2.05) is 4.90 Å². The van der Waals surface area contributed by atoms with Crippen molar-refractivity contribution in [1.29, 1.82) is 0 Å². The van der Waals surface area contributed by atoms with E-state index in [4.69, 9.17) is 9.47 Å². The minimum atomic E-state index is -0.413. The number of nitrogens with one attached hydrogen (secondary N) is 1. The molecule has 25 heavy (non-hydrogen) atoms. The Morgan fingerprint density at radius 2 is 1.72 bits per heavy atom. The lowest BCUT2D eigenvalue weighted by Crippen LogP contribution is -2.47. The maximum atomic E-state index is 12.4. The van der Waals surface area contributed by atoms with Gasteiger partial charge in [-0.05, 0) is 23.1 Å². The predicted molar refractivity (Wildman–Crippen MR) is 98.7 cm³/mol. The third kappa shape index (κ3) is 4.53. The van der Waals surface area contributed by atoms with Crippen molar-refractivity contribution in [2.45, 2.75) is 51.2 Å². The van der Waals surface area contributed by atoms with Crippen molar-refractivity contribution in [3.63, 3.8) is 0 Å². The lowest BCUT2D eigenvalue weighted by atomic mass is 9.87. The van der Waals surface area contributed by atoms with E-state index >= 15 is 0 Å². The summed E-state index contributed by atoms with van der Waals surface area (Å²) in [5, 5.41) is 3.35. The summed E-state index contributed by atoms with van der Waals surface area (Å²) in [6, 6.07) is 8.47. The SMILES string of the molecule is CC(C)(C)c1ccc(NCCC(=O)N2CCC3(CC2)OCCO3)cc1. The molecule has 2 aliphatic heterocycles. The normalized spacial score (nSPS) is 20.0. The third-order valence-electron chi connectivity index (χ3n) is 5.11. The van der Waals surface area contributed by atoms with E-state index in [2.05, 4.69) is 50.4 Å². The maximum Gasteiger partial charge on any atom is 0.224 e. The fraction of sp³-hybridized carbons (Fsp3) is 0.650. The number of carbonyl (C=O) groups is 1. The first-order valence-corrected chi connectivity index (χ1v) is 9.28. The summed E-state index contributed by atoms with van der Waals surface area (Å²) in [5.74, 6) is -0.212. The van der Waals surface area contributed by atoms with Crippen LogP contribution in [0.15, 0.2) is 24.3 Å². The van der Waals surface area contributed by atoms with Gasteiger partial charge in [-0.3, -0.25) is 4.79 Å². The van der Waals surface area contributed by atoms with Gasteiger partial charge in [0.05, 0.1) is 13.2 Å². The molecule has 0 unspecified atom stereocenters. The molecule has 3 rings (SSSR count). The van der Waals surface area contributed by atoms with Crippen LogP contribution in [0, 0.1) is 0 Å². The fourth-order valence-electron chi connectivity index (χ4n) is 3.44. The zero-order valence-corrected chi connectivity index (χ0v) is 15.6. The van der Waals surface area contributed by atoms with E-state index in [1.54, 1.807) is 0 Å². The topological polar surface area (TPSA) is 50.8 Å². The minimum Gasteiger partial charge on any atom is -0.385 e. The molecule has 0 atom stereocenters. The highest BCUT2D eigenvalue weighted by molar-refractivity contribution is 5.76. The maximum absolute atomic E-state index is 12.4. The molecule has 138 valence electrons. The molecular formula is C20H30N2O3. The van der Waals surface area contributed by atoms with E-state index in [1.165, 1.54) is 5.56 Å². The second-order valence-corrected chi connectivity index (χ2v) is 7.99. The second kappa shape index (κ2) is 7.34. The Morgan fingerprint density at radius 1 is 1.12 bits per heavy atom. The number of ether oxygens (including phenoxy) is 2. The van der Waals surface area contributed by atoms with Crippen LogP contribution in [0.25, 0.3) is 0 Å². The summed E-state index contributed by atoms with van der Waals surface area (Å²) >= 11 is 0. The molecule has 2 aliphatic rings. The first-order valence-electron chi connectivity index (χ1n) is 9.28. The Balaban J connectivity index is 1.41. The van der Waals surface area contributed by atoms with Gasteiger partial charge in [-0.1, -0.05) is 32.9 Å². The number of carbonyl (C=O) groups excluding carboxylic acids is 1. The molecular weight excluding hydrogens is 316 g/mol. The summed E-state index contributed by atoms with van der Waals surface area (Å²) in [7, 11) is 0. The van der Waals surface area contributed by atoms with Crippen LogP contribution in [0.3, 0.4) is 0 Å². The van der Waals surface area contributed by atoms with Crippen LogP contribution in [0.1, 0.15) is 45.6 Å². The Hall–Kier alpha value is -1.59. The molecule has 0 aliphatic carbocycles. The molecule has 0 aromatic heterocycles. The first kappa shape index (κ1) is 18.2. The van der Waals surface area contributed by atoms with Gasteiger partial charge in [-0.15, -0.1) is 0 Å². The van der Waals surface area contributed by atoms with E-state index in [-0.39, 0.29) is 11.3 Å². The number of rotatable bonds is 4. The van der Waals surface area contributed by atoms with E-state index in [0.717, 1.165) is 31.6 Å². The quantitative estimate of drug-likeness (QED) is 0.910. The average Bonchev–Trinajstić information content (AvgIpc) is 3.03. The van der Waals surface area contributed by atoms with Gasteiger partial charge in [0.2, 0.25) is 5.91 Å². The molecule has 0 bridgehead atoms. The number of likely N-dealkylation sites (tertiary alicyclic amines) is 1. The van der Waals surface area contributed by atoms with E-state index in [0.29, 0.717) is 26.2 Å². The van der Waals surface area contributed by atoms with Gasteiger partial charge >= 0.3 is 0 Å². The molecule has 1 spiro atoms. The lowest BCUT2D eigenvalue weighted by Gasteiger charge is -2.37. The van der Waals surface area contributed by atoms with Crippen molar-refractivity contribution in [2.75, 3.05) is 38.2 Å². The molecule has 1 aromatic rings. The van der Waals surface area contributed by atoms with Gasteiger partial charge in [-0.2, -0.15) is 0 Å². The molecule has 5 nitrogen and oxygen atoms in total. The van der Waals surface area contributed by atoms with E-state index < -0.39 is 5.79 Å². The second-order valence-electron chi connectivity index (χ2n) is 7.99. The monoisotopic (exact) mass is 346 g/mol. The van der Waals surface area contributed by atoms with Gasteiger partial charge in [0.1, 0.15) is 0 Å². The van der Waals surface area contributed by atoms with Crippen LogP contribution in [0.4, 0.5) is 5.69 Å². The first-order chi connectivity index (χ1) is 11.9. The smallest absolute Gasteiger partial charge is 0.224 e. The Labute approximate surface area is 150 Å². The van der Waals surface area contributed by atoms with Crippen LogP contribution >= 0.6 is 0 Å². The van der Waals surface area contributed by atoms with Crippen LogP contribution in [0.2, 0.25) is 0 Å². The standard InChI is InChI=1S/C20H30N2O3/c1-19(2,3)16-4-6-17(7-5-16)21-11-8-18(23)22-12-9-20(10-13-22)24-14-15-25-20/h4-7,21H,8-15H2,1-3H3. The summed E-state index contributed by atoms with van der Waals surface area (Å²) in [6.07, 6.45) is 2.07. The fourth-order valence-corrected chi connectivity index (χ4v) is 3.44. The van der Waals surface area contributed by atoms with Crippen LogP contribution < -0.4 is 5.32 Å². The summed E-state index contributed by atoms with van der Waals surface area (Å²) in [6.45, 7) is 10.1. The largest absolute Gasteiger partial charge is 0.385 e. The molecule has 1 aromatic carbocycles. The molecule has 0 radical (unpaired) electrons. The van der Waals surface area contributed by atoms with Gasteiger partial charge < -0.3 is 19.7 Å². The minimum absolute atomic E-state index is 0.160. The number of nitrogens with zero attached hydrogens (tertiary/aromatic N) is 1. The van der Waals surface area contributed by atoms with Gasteiger partial charge in [0.15, 0.2) is 5.79 Å². The molecule has 0 saturated carbocycles. The average molecular weight is 346 g/mol. The summed E-state index contributed by atoms with van der Waals surface area (Å²) < 4.78 is 11.4. The van der Waals surface area contributed by atoms with Crippen LogP contribution in [0.5, 0.6) is 0 Å². The Morgan fingerprint density at radius 3 is 2.28 bits per heavy atom. The highest BCUT2D eigenvalue weighted by atomic mass is 16.7. The zero-order valence-electron chi connectivity index (χ0n) is 15.6. The van der Waals surface area contributed by atoms with Crippen molar-refractivity contribution in [3.05, 3.63) is 29.8 Å². The molecule has 1 N–H and O–H groups in total. The number of piperidine rings is 1. The van der Waals surface area contributed by atoms with Crippen LogP contribution in [-0.4, -0.2) is 49.4 Å². The number of amides is 1. The number of benzene rings is 1. The van der Waals surface area contributed by atoms with Crippen LogP contribution in [-0.2, 0) is 19.7 Å². The van der Waals surface area contributed by atoms with Crippen molar-refractivity contribution in [2.24, 2.45) is 0 Å². The lowest BCUT2D eigenvalue weighted by molar-refractivity contribution is -0.187. The molecule has 2 saturated heterocycles. The number of hydrogen-bond acceptors (Lipinski definition) is 4. The zero-order chi connectivity index (χ0) is 17.9. The summed E-state index contributed by atoms with van der Waals surface area (Å²) in [5.41, 5.74) is 2.53. The Kier molecular flexibility index (Phi) is 5.35. The number of anilines is 1. The Bertz CT molecular complexity index is 576. The number of hydrogen-bond donors (Lipinski definition) is 1. The molecule has 2 heterocycles. The van der Waals surface area contributed by atoms with Crippen molar-refractivity contribution in [3.8, 4) is 0 Å². The van der Waals surface area contributed by atoms with Crippen molar-refractivity contribution >= 4 is 11.6 Å². The highest BCUT2D eigenvalue weighted by Gasteiger charge is 2.40. The molecule has 5 heteroatoms. The highest BCUT2D eigenvalue weighted by Crippen LogP contribution is 2.31. The molecule has 1 amide bonds. The third-order valence-corrected chi connectivity index (χ3v) is 5.11. The summed E-state index contributed by atoms with van der Waals surface area (Å²) in [4.78, 5) is 14.3. The van der Waals surface area contributed by atoms with Crippen molar-refractivity contribution < 1.29 is 14.3 Å². The van der Waals surface area contributed by atoms with Crippen molar-refractivity contribution in [1.82, 2.24) is 4.90 Å². The predicted octanol–water partition coefficient (Wildman–Crippen LogP) is 3.15.